The number of carbonyl (C=O) groups is 3. The van der Waals surface area contributed by atoms with E-state index in [1.165, 1.54) is 14.2 Å². The lowest BCUT2D eigenvalue weighted by atomic mass is 9.62. The number of anilines is 1. The summed E-state index contributed by atoms with van der Waals surface area (Å²) in [4.78, 5) is 46.4. The fourth-order valence-corrected chi connectivity index (χ4v) is 7.27. The van der Waals surface area contributed by atoms with E-state index in [2.05, 4.69) is 5.32 Å². The minimum absolute atomic E-state index is 0.263. The number of rotatable bonds is 7. The zero-order valence-electron chi connectivity index (χ0n) is 24.4. The van der Waals surface area contributed by atoms with E-state index in [1.54, 1.807) is 49.6 Å². The van der Waals surface area contributed by atoms with Gasteiger partial charge in [0, 0.05) is 17.5 Å². The molecular weight excluding hydrogens is 556 g/mol. The van der Waals surface area contributed by atoms with Gasteiger partial charge in [-0.15, -0.1) is 0 Å². The highest BCUT2D eigenvalue weighted by Crippen LogP contribution is 2.62. The number of benzene rings is 4. The molecule has 8 heteroatoms. The molecule has 4 aromatic rings. The van der Waals surface area contributed by atoms with Crippen molar-refractivity contribution in [3.05, 3.63) is 125 Å². The summed E-state index contributed by atoms with van der Waals surface area (Å²) >= 11 is 0. The highest BCUT2D eigenvalue weighted by atomic mass is 16.5. The van der Waals surface area contributed by atoms with Crippen molar-refractivity contribution in [2.75, 3.05) is 26.6 Å². The van der Waals surface area contributed by atoms with Crippen LogP contribution in [0.15, 0.2) is 97.2 Å². The van der Waals surface area contributed by atoms with Crippen molar-refractivity contribution in [2.45, 2.75) is 17.5 Å². The molecule has 4 unspecified atom stereocenters. The first-order valence-corrected chi connectivity index (χ1v) is 14.3. The Labute approximate surface area is 254 Å². The largest absolute Gasteiger partial charge is 0.497 e. The topological polar surface area (TPSA) is 94.2 Å². The van der Waals surface area contributed by atoms with Crippen LogP contribution >= 0.6 is 0 Å². The number of nitrogens with one attached hydrogen (secondary N) is 1. The van der Waals surface area contributed by atoms with Crippen molar-refractivity contribution in [3.63, 3.8) is 0 Å². The van der Waals surface area contributed by atoms with Gasteiger partial charge in [0.05, 0.1) is 38.9 Å². The predicted molar refractivity (Wildman–Crippen MR) is 165 cm³/mol. The molecule has 3 heterocycles. The highest BCUT2D eigenvalue weighted by molar-refractivity contribution is 6.17. The van der Waals surface area contributed by atoms with E-state index >= 15 is 0 Å². The third-order valence-electron chi connectivity index (χ3n) is 9.17. The van der Waals surface area contributed by atoms with Gasteiger partial charge >= 0.3 is 0 Å². The van der Waals surface area contributed by atoms with Crippen molar-refractivity contribution in [2.24, 2.45) is 5.92 Å². The summed E-state index contributed by atoms with van der Waals surface area (Å²) in [6.07, 6.45) is 3.78. The first kappa shape index (κ1) is 27.5. The minimum Gasteiger partial charge on any atom is -0.497 e. The smallest absolute Gasteiger partial charge is 0.238 e. The second-order valence-electron chi connectivity index (χ2n) is 11.1. The molecule has 1 spiro atoms. The number of nitrogens with zero attached hydrogens (tertiary/aromatic N) is 1. The number of carbonyl (C=O) groups excluding carboxylic acids is 3. The van der Waals surface area contributed by atoms with E-state index in [0.29, 0.717) is 34.1 Å². The van der Waals surface area contributed by atoms with E-state index in [-0.39, 0.29) is 23.0 Å². The Morgan fingerprint density at radius 3 is 2.25 bits per heavy atom. The van der Waals surface area contributed by atoms with Crippen LogP contribution in [0.4, 0.5) is 5.69 Å². The molecule has 3 aliphatic rings. The first-order valence-electron chi connectivity index (χ1n) is 14.3. The van der Waals surface area contributed by atoms with E-state index in [1.807, 2.05) is 65.7 Å². The lowest BCUT2D eigenvalue weighted by Crippen LogP contribution is -2.49. The summed E-state index contributed by atoms with van der Waals surface area (Å²) < 4.78 is 16.4. The molecule has 0 aromatic heterocycles. The normalized spacial score (nSPS) is 22.6. The summed E-state index contributed by atoms with van der Waals surface area (Å²) in [5.41, 5.74) is 2.31. The number of ketones is 2. The maximum Gasteiger partial charge on any atom is 0.238 e. The molecule has 1 amide bonds. The van der Waals surface area contributed by atoms with Crippen LogP contribution in [-0.2, 0) is 10.2 Å². The molecule has 0 saturated carbocycles. The van der Waals surface area contributed by atoms with Crippen molar-refractivity contribution >= 4 is 29.2 Å². The average molecular weight is 587 g/mol. The summed E-state index contributed by atoms with van der Waals surface area (Å²) in [6.45, 7) is 0. The van der Waals surface area contributed by atoms with Crippen LogP contribution in [-0.4, -0.2) is 49.7 Å². The Morgan fingerprint density at radius 2 is 1.50 bits per heavy atom. The summed E-state index contributed by atoms with van der Waals surface area (Å²) in [7, 11) is 4.58. The lowest BCUT2D eigenvalue weighted by Gasteiger charge is -2.38. The van der Waals surface area contributed by atoms with Gasteiger partial charge in [-0.2, -0.15) is 0 Å². The minimum atomic E-state index is -1.43. The molecule has 7 rings (SSSR count). The van der Waals surface area contributed by atoms with Gasteiger partial charge in [0.15, 0.2) is 11.6 Å². The number of para-hydroxylation sites is 1. The molecule has 4 atom stereocenters. The fourth-order valence-electron chi connectivity index (χ4n) is 7.27. The standard InChI is InChI=1S/C36H30N2O6/c1-42-23-14-12-22(13-15-23)32(39)30-31(33(40)26-20-24(43-2)16-17-29(26)44-3)38-19-18-21-8-4-5-9-25(21)34(38)36(30)27-10-6-7-11-28(27)37-35(36)41/h4-20,30-31,34H,1-3H3,(H,37,41). The Kier molecular flexibility index (Phi) is 6.50. The van der Waals surface area contributed by atoms with Crippen molar-refractivity contribution in [1.82, 2.24) is 4.90 Å². The van der Waals surface area contributed by atoms with Crippen molar-refractivity contribution in [3.8, 4) is 17.2 Å². The molecule has 0 radical (unpaired) electrons. The van der Waals surface area contributed by atoms with Crippen LogP contribution in [0, 0.1) is 5.92 Å². The van der Waals surface area contributed by atoms with Gasteiger partial charge in [-0.05, 0) is 71.3 Å². The molecule has 0 aliphatic carbocycles. The van der Waals surface area contributed by atoms with Crippen LogP contribution in [0.3, 0.4) is 0 Å². The van der Waals surface area contributed by atoms with E-state index in [9.17, 15) is 14.4 Å². The van der Waals surface area contributed by atoms with E-state index in [4.69, 9.17) is 14.2 Å². The number of methoxy groups -OCH3 is 3. The molecule has 1 N–H and O–H groups in total. The van der Waals surface area contributed by atoms with Crippen LogP contribution in [0.25, 0.3) is 6.08 Å². The SMILES string of the molecule is COc1ccc(C(=O)C2C(C(=O)c3cc(OC)ccc3OC)N3C=Cc4ccccc4C3C23C(=O)Nc2ccccc23)cc1. The maximum atomic E-state index is 15.0. The van der Waals surface area contributed by atoms with Gasteiger partial charge in [-0.25, -0.2) is 0 Å². The predicted octanol–water partition coefficient (Wildman–Crippen LogP) is 5.69. The van der Waals surface area contributed by atoms with Gasteiger partial charge in [0.2, 0.25) is 5.91 Å². The summed E-state index contributed by atoms with van der Waals surface area (Å²) in [6, 6.07) is 25.4. The van der Waals surface area contributed by atoms with Crippen LogP contribution in [0.1, 0.15) is 43.4 Å². The average Bonchev–Trinajstić information content (AvgIpc) is 3.55. The molecule has 3 aliphatic heterocycles. The Bertz CT molecular complexity index is 1850. The highest BCUT2D eigenvalue weighted by Gasteiger charge is 2.70. The number of Topliss-reactive ketones (excluding diaryl/α,β-unsaturated/α-hetero) is 2. The van der Waals surface area contributed by atoms with Gasteiger partial charge in [-0.3, -0.25) is 14.4 Å². The second-order valence-corrected chi connectivity index (χ2v) is 11.1. The molecule has 0 bridgehead atoms. The number of hydrogen-bond acceptors (Lipinski definition) is 7. The maximum absolute atomic E-state index is 15.0. The number of fused-ring (bicyclic) bond motifs is 6. The Balaban J connectivity index is 1.53. The van der Waals surface area contributed by atoms with Crippen LogP contribution in [0.5, 0.6) is 17.2 Å². The van der Waals surface area contributed by atoms with Crippen LogP contribution < -0.4 is 19.5 Å². The fraction of sp³-hybridized carbons (Fsp3) is 0.194. The summed E-state index contributed by atoms with van der Waals surface area (Å²) in [5, 5.41) is 3.07. The quantitative estimate of drug-likeness (QED) is 0.278. The van der Waals surface area contributed by atoms with Crippen molar-refractivity contribution in [1.29, 1.82) is 0 Å². The van der Waals surface area contributed by atoms with Gasteiger partial charge in [0.1, 0.15) is 28.7 Å². The Hall–Kier alpha value is -5.37. The molecule has 1 fully saturated rings. The van der Waals surface area contributed by atoms with Crippen LogP contribution in [0.2, 0.25) is 0 Å². The molecule has 44 heavy (non-hydrogen) atoms. The lowest BCUT2D eigenvalue weighted by molar-refractivity contribution is -0.122. The second kappa shape index (κ2) is 10.4. The van der Waals surface area contributed by atoms with Gasteiger partial charge in [-0.1, -0.05) is 42.5 Å². The third kappa shape index (κ3) is 3.80. The van der Waals surface area contributed by atoms with E-state index < -0.39 is 23.4 Å². The Morgan fingerprint density at radius 1 is 0.795 bits per heavy atom. The number of hydrogen-bond donors (Lipinski definition) is 1. The first-order chi connectivity index (χ1) is 21.4. The zero-order valence-corrected chi connectivity index (χ0v) is 24.4. The summed E-state index contributed by atoms with van der Waals surface area (Å²) in [5.74, 6) is -0.686. The molecule has 4 aromatic carbocycles. The molecule has 8 nitrogen and oxygen atoms in total. The molecule has 220 valence electrons. The monoisotopic (exact) mass is 586 g/mol. The van der Waals surface area contributed by atoms with Gasteiger partial charge < -0.3 is 24.4 Å². The van der Waals surface area contributed by atoms with Gasteiger partial charge in [0.25, 0.3) is 0 Å². The van der Waals surface area contributed by atoms with E-state index in [0.717, 1.165) is 11.1 Å². The number of ether oxygens (including phenoxy) is 3. The molecule has 1 saturated heterocycles. The number of amides is 1. The zero-order chi connectivity index (χ0) is 30.6. The van der Waals surface area contributed by atoms with Crippen molar-refractivity contribution < 1.29 is 28.6 Å². The third-order valence-corrected chi connectivity index (χ3v) is 9.17. The molecular formula is C36H30N2O6.